The van der Waals surface area contributed by atoms with Crippen molar-refractivity contribution < 1.29 is 8.42 Å². The van der Waals surface area contributed by atoms with Crippen LogP contribution in [0.15, 0.2) is 29.4 Å². The first-order chi connectivity index (χ1) is 8.38. The fraction of sp³-hybridized carbons (Fsp3) is 0.111. The number of rotatable bonds is 3. The molecule has 6 nitrogen and oxygen atoms in total. The van der Waals surface area contributed by atoms with E-state index in [9.17, 15) is 8.42 Å². The smallest absolute Gasteiger partial charge is 0.264 e. The van der Waals surface area contributed by atoms with Crippen LogP contribution in [0.3, 0.4) is 0 Å². The highest BCUT2D eigenvalue weighted by Crippen LogP contribution is 2.23. The lowest BCUT2D eigenvalue weighted by Gasteiger charge is -2.05. The predicted molar refractivity (Wildman–Crippen MR) is 68.3 cm³/mol. The molecule has 0 spiro atoms. The molecule has 0 saturated carbocycles. The predicted octanol–water partition coefficient (Wildman–Crippen LogP) is 1.92. The number of nitrogens with one attached hydrogen (secondary N) is 1. The van der Waals surface area contributed by atoms with Crippen LogP contribution < -0.4 is 4.72 Å². The van der Waals surface area contributed by atoms with E-state index in [1.165, 1.54) is 16.8 Å². The zero-order valence-electron chi connectivity index (χ0n) is 9.13. The van der Waals surface area contributed by atoms with Crippen molar-refractivity contribution in [2.45, 2.75) is 4.90 Å². The molecule has 0 aliphatic carbocycles. The molecule has 0 bridgehead atoms. The summed E-state index contributed by atoms with van der Waals surface area (Å²) in [4.78, 5) is 3.60. The Morgan fingerprint density at radius 2 is 2.11 bits per heavy atom. The molecule has 0 atom stereocenters. The number of sulfonamides is 1. The molecule has 0 unspecified atom stereocenters. The fourth-order valence-electron chi connectivity index (χ4n) is 1.22. The van der Waals surface area contributed by atoms with Crippen LogP contribution in [0.25, 0.3) is 0 Å². The van der Waals surface area contributed by atoms with Crippen molar-refractivity contribution in [3.8, 4) is 0 Å². The third-order valence-corrected chi connectivity index (χ3v) is 4.04. The van der Waals surface area contributed by atoms with Gasteiger partial charge >= 0.3 is 0 Å². The highest BCUT2D eigenvalue weighted by Gasteiger charge is 2.17. The Balaban J connectivity index is 2.33. The molecule has 2 aromatic rings. The van der Waals surface area contributed by atoms with Crippen molar-refractivity contribution in [2.75, 3.05) is 4.72 Å². The largest absolute Gasteiger partial charge is 0.274 e. The SMILES string of the molecule is Cn1ccc(NS(=O)(=O)c2cnc(Cl)c(Cl)c2)n1. The van der Waals surface area contributed by atoms with Gasteiger partial charge in [-0.3, -0.25) is 9.40 Å². The van der Waals surface area contributed by atoms with E-state index in [4.69, 9.17) is 23.2 Å². The van der Waals surface area contributed by atoms with E-state index in [-0.39, 0.29) is 20.9 Å². The molecule has 2 rings (SSSR count). The zero-order valence-corrected chi connectivity index (χ0v) is 11.5. The second-order valence-corrected chi connectivity index (χ2v) is 5.87. The van der Waals surface area contributed by atoms with Gasteiger partial charge in [0.1, 0.15) is 10.0 Å². The van der Waals surface area contributed by atoms with Gasteiger partial charge in [0.05, 0.1) is 5.02 Å². The van der Waals surface area contributed by atoms with Crippen molar-refractivity contribution in [2.24, 2.45) is 7.05 Å². The minimum Gasteiger partial charge on any atom is -0.274 e. The third kappa shape index (κ3) is 2.74. The number of hydrogen-bond donors (Lipinski definition) is 1. The molecule has 0 aromatic carbocycles. The van der Waals surface area contributed by atoms with Crippen molar-refractivity contribution in [1.82, 2.24) is 14.8 Å². The Bertz CT molecular complexity index is 684. The summed E-state index contributed by atoms with van der Waals surface area (Å²) in [6, 6.07) is 2.75. The number of hydrogen-bond acceptors (Lipinski definition) is 4. The molecule has 0 amide bonds. The molecule has 18 heavy (non-hydrogen) atoms. The summed E-state index contributed by atoms with van der Waals surface area (Å²) in [7, 11) is -2.09. The first-order valence-electron chi connectivity index (χ1n) is 4.72. The normalized spacial score (nSPS) is 11.5. The summed E-state index contributed by atoms with van der Waals surface area (Å²) < 4.78 is 27.7. The van der Waals surface area contributed by atoms with E-state index in [1.54, 1.807) is 13.2 Å². The third-order valence-electron chi connectivity index (χ3n) is 2.03. The number of aromatic nitrogens is 3. The lowest BCUT2D eigenvalue weighted by atomic mass is 10.5. The van der Waals surface area contributed by atoms with Crippen molar-refractivity contribution in [3.05, 3.63) is 34.7 Å². The van der Waals surface area contributed by atoms with Crippen LogP contribution in [0.1, 0.15) is 0 Å². The highest BCUT2D eigenvalue weighted by molar-refractivity contribution is 7.92. The Hall–Kier alpha value is -1.31. The maximum absolute atomic E-state index is 12.0. The van der Waals surface area contributed by atoms with Crippen LogP contribution in [0, 0.1) is 0 Å². The number of anilines is 1. The average Bonchev–Trinajstić information content (AvgIpc) is 2.67. The molecule has 0 saturated heterocycles. The molecule has 0 fully saturated rings. The second kappa shape index (κ2) is 4.75. The molecule has 96 valence electrons. The minimum atomic E-state index is -3.77. The van der Waals surface area contributed by atoms with Gasteiger partial charge in [-0.2, -0.15) is 5.10 Å². The highest BCUT2D eigenvalue weighted by atomic mass is 35.5. The van der Waals surface area contributed by atoms with Gasteiger partial charge < -0.3 is 0 Å². The summed E-state index contributed by atoms with van der Waals surface area (Å²) in [5.41, 5.74) is 0. The van der Waals surface area contributed by atoms with Crippen molar-refractivity contribution in [1.29, 1.82) is 0 Å². The van der Waals surface area contributed by atoms with Crippen LogP contribution >= 0.6 is 23.2 Å². The van der Waals surface area contributed by atoms with Crippen LogP contribution in [0.2, 0.25) is 10.2 Å². The molecule has 0 aliphatic rings. The van der Waals surface area contributed by atoms with Crippen LogP contribution in [-0.2, 0) is 17.1 Å². The van der Waals surface area contributed by atoms with Crippen molar-refractivity contribution >= 4 is 39.0 Å². The fourth-order valence-corrected chi connectivity index (χ4v) is 2.52. The van der Waals surface area contributed by atoms with E-state index in [2.05, 4.69) is 14.8 Å². The van der Waals surface area contributed by atoms with E-state index < -0.39 is 10.0 Å². The summed E-state index contributed by atoms with van der Waals surface area (Å²) in [5, 5.41) is 4.03. The lowest BCUT2D eigenvalue weighted by molar-refractivity contribution is 0.600. The first kappa shape index (κ1) is 13.1. The summed E-state index contributed by atoms with van der Waals surface area (Å²) >= 11 is 11.3. The van der Waals surface area contributed by atoms with Crippen LogP contribution in [0.5, 0.6) is 0 Å². The van der Waals surface area contributed by atoms with Gasteiger partial charge in [0.2, 0.25) is 0 Å². The zero-order chi connectivity index (χ0) is 13.3. The standard InChI is InChI=1S/C9H8Cl2N4O2S/c1-15-3-2-8(13-15)14-18(16,17)6-4-7(10)9(11)12-5-6/h2-5H,1H3,(H,13,14). The number of aryl methyl sites for hydroxylation is 1. The molecule has 2 aromatic heterocycles. The topological polar surface area (TPSA) is 76.9 Å². The number of pyridine rings is 1. The van der Waals surface area contributed by atoms with E-state index >= 15 is 0 Å². The van der Waals surface area contributed by atoms with Gasteiger partial charge in [-0.15, -0.1) is 0 Å². The molecular formula is C9H8Cl2N4O2S. The van der Waals surface area contributed by atoms with Crippen LogP contribution in [0.4, 0.5) is 5.82 Å². The molecule has 0 radical (unpaired) electrons. The second-order valence-electron chi connectivity index (χ2n) is 3.42. The molecule has 0 aliphatic heterocycles. The molecule has 1 N–H and O–H groups in total. The van der Waals surface area contributed by atoms with E-state index in [1.807, 2.05) is 0 Å². The lowest BCUT2D eigenvalue weighted by Crippen LogP contribution is -2.14. The van der Waals surface area contributed by atoms with Crippen LogP contribution in [-0.4, -0.2) is 23.2 Å². The van der Waals surface area contributed by atoms with Gasteiger partial charge in [-0.05, 0) is 6.07 Å². The van der Waals surface area contributed by atoms with Gasteiger partial charge in [0.25, 0.3) is 10.0 Å². The van der Waals surface area contributed by atoms with Gasteiger partial charge in [0.15, 0.2) is 5.82 Å². The van der Waals surface area contributed by atoms with Gasteiger partial charge in [0, 0.05) is 25.5 Å². The molecular weight excluding hydrogens is 299 g/mol. The Kier molecular flexibility index (Phi) is 3.47. The maximum Gasteiger partial charge on any atom is 0.264 e. The summed E-state index contributed by atoms with van der Waals surface area (Å²) in [5.74, 6) is 0.212. The monoisotopic (exact) mass is 306 g/mol. The van der Waals surface area contributed by atoms with Gasteiger partial charge in [-0.25, -0.2) is 13.4 Å². The minimum absolute atomic E-state index is 0.0495. The number of nitrogens with zero attached hydrogens (tertiary/aromatic N) is 3. The Morgan fingerprint density at radius 1 is 1.39 bits per heavy atom. The average molecular weight is 307 g/mol. The maximum atomic E-state index is 12.0. The molecule has 2 heterocycles. The Labute approximate surface area is 114 Å². The van der Waals surface area contributed by atoms with E-state index in [0.717, 1.165) is 6.20 Å². The van der Waals surface area contributed by atoms with E-state index in [0.29, 0.717) is 0 Å². The molecule has 9 heteroatoms. The summed E-state index contributed by atoms with van der Waals surface area (Å²) in [6.45, 7) is 0. The number of halogens is 2. The van der Waals surface area contributed by atoms with Gasteiger partial charge in [-0.1, -0.05) is 23.2 Å². The summed E-state index contributed by atoms with van der Waals surface area (Å²) in [6.07, 6.45) is 2.74. The quantitative estimate of drug-likeness (QED) is 0.879. The van der Waals surface area contributed by atoms with Crippen molar-refractivity contribution in [3.63, 3.8) is 0 Å². The first-order valence-corrected chi connectivity index (χ1v) is 6.96. The Morgan fingerprint density at radius 3 is 2.67 bits per heavy atom.